The van der Waals surface area contributed by atoms with Crippen molar-refractivity contribution in [2.45, 2.75) is 64.1 Å². The van der Waals surface area contributed by atoms with E-state index in [-0.39, 0.29) is 31.0 Å². The van der Waals surface area contributed by atoms with Crippen LogP contribution in [0.15, 0.2) is 42.5 Å². The third-order valence-electron chi connectivity index (χ3n) is 6.09. The lowest BCUT2D eigenvalue weighted by atomic mass is 9.95. The monoisotopic (exact) mass is 506 g/mol. The van der Waals surface area contributed by atoms with Crippen LogP contribution in [0.4, 0.5) is 0 Å². The Hall–Kier alpha value is -2.44. The molecule has 2 aromatic carbocycles. The summed E-state index contributed by atoms with van der Waals surface area (Å²) < 4.78 is 11.1. The zero-order valence-corrected chi connectivity index (χ0v) is 21.2. The summed E-state index contributed by atoms with van der Waals surface area (Å²) in [5, 5.41) is 4.00. The Morgan fingerprint density at radius 3 is 2.41 bits per heavy atom. The van der Waals surface area contributed by atoms with Crippen molar-refractivity contribution in [3.05, 3.63) is 58.1 Å². The highest BCUT2D eigenvalue weighted by Gasteiger charge is 2.30. The van der Waals surface area contributed by atoms with Crippen LogP contribution in [0.1, 0.15) is 51.0 Å². The van der Waals surface area contributed by atoms with Gasteiger partial charge in [-0.1, -0.05) is 67.6 Å². The van der Waals surface area contributed by atoms with Crippen LogP contribution in [0, 0.1) is 0 Å². The Bertz CT molecular complexity index is 979. The Labute approximate surface area is 211 Å². The molecule has 0 radical (unpaired) electrons. The average molecular weight is 507 g/mol. The molecule has 1 aliphatic carbocycles. The van der Waals surface area contributed by atoms with Gasteiger partial charge in [-0.15, -0.1) is 0 Å². The number of halogens is 2. The molecule has 2 aromatic rings. The number of amides is 2. The molecule has 1 unspecified atom stereocenters. The number of benzene rings is 2. The number of nitrogens with zero attached hydrogens (tertiary/aromatic N) is 1. The van der Waals surface area contributed by atoms with Crippen LogP contribution in [0.5, 0.6) is 11.5 Å². The first-order valence-electron chi connectivity index (χ1n) is 11.7. The predicted molar refractivity (Wildman–Crippen MR) is 135 cm³/mol. The van der Waals surface area contributed by atoms with Gasteiger partial charge in [0, 0.05) is 12.6 Å². The standard InChI is InChI=1S/C26H32Cl2N2O4/c1-3-22(26(32)29-19-9-5-4-6-10-19)30(16-18-13-14-20(27)21(28)15-18)25(31)17-34-24-12-8-7-11-23(24)33-2/h7-8,11-15,19,22H,3-6,9-10,16-17H2,1-2H3,(H,29,32). The first-order valence-corrected chi connectivity index (χ1v) is 12.5. The number of hydrogen-bond donors (Lipinski definition) is 1. The van der Waals surface area contributed by atoms with Crippen molar-refractivity contribution in [2.75, 3.05) is 13.7 Å². The Morgan fingerprint density at radius 1 is 1.06 bits per heavy atom. The van der Waals surface area contributed by atoms with Crippen molar-refractivity contribution in [3.63, 3.8) is 0 Å². The van der Waals surface area contributed by atoms with Crippen LogP contribution >= 0.6 is 23.2 Å². The van der Waals surface area contributed by atoms with Crippen molar-refractivity contribution in [3.8, 4) is 11.5 Å². The topological polar surface area (TPSA) is 67.9 Å². The smallest absolute Gasteiger partial charge is 0.261 e. The van der Waals surface area contributed by atoms with Gasteiger partial charge in [0.25, 0.3) is 5.91 Å². The molecule has 1 fully saturated rings. The maximum absolute atomic E-state index is 13.4. The van der Waals surface area contributed by atoms with E-state index >= 15 is 0 Å². The fourth-order valence-corrected chi connectivity index (χ4v) is 4.58. The van der Waals surface area contributed by atoms with Crippen LogP contribution in [0.3, 0.4) is 0 Å². The van der Waals surface area contributed by atoms with E-state index in [1.807, 2.05) is 19.1 Å². The molecular formula is C26H32Cl2N2O4. The van der Waals surface area contributed by atoms with Gasteiger partial charge in [0.05, 0.1) is 17.2 Å². The van der Waals surface area contributed by atoms with Crippen LogP contribution in [0.25, 0.3) is 0 Å². The summed E-state index contributed by atoms with van der Waals surface area (Å²) in [6, 6.07) is 11.9. The zero-order valence-electron chi connectivity index (χ0n) is 19.7. The van der Waals surface area contributed by atoms with Gasteiger partial charge in [0.2, 0.25) is 5.91 Å². The summed E-state index contributed by atoms with van der Waals surface area (Å²) >= 11 is 12.3. The molecule has 184 valence electrons. The second kappa shape index (κ2) is 12.9. The van der Waals surface area contributed by atoms with Gasteiger partial charge in [-0.2, -0.15) is 0 Å². The van der Waals surface area contributed by atoms with Gasteiger partial charge in [0.15, 0.2) is 18.1 Å². The highest BCUT2D eigenvalue weighted by atomic mass is 35.5. The van der Waals surface area contributed by atoms with E-state index in [9.17, 15) is 9.59 Å². The summed E-state index contributed by atoms with van der Waals surface area (Å²) in [6.07, 6.45) is 5.84. The maximum Gasteiger partial charge on any atom is 0.261 e. The van der Waals surface area contributed by atoms with Crippen molar-refractivity contribution in [1.82, 2.24) is 10.2 Å². The van der Waals surface area contributed by atoms with Gasteiger partial charge in [-0.05, 0) is 49.1 Å². The number of rotatable bonds is 10. The third-order valence-corrected chi connectivity index (χ3v) is 6.83. The van der Waals surface area contributed by atoms with Crippen LogP contribution in [-0.4, -0.2) is 42.5 Å². The van der Waals surface area contributed by atoms with E-state index in [1.54, 1.807) is 42.3 Å². The Morgan fingerprint density at radius 2 is 1.76 bits per heavy atom. The minimum atomic E-state index is -0.634. The lowest BCUT2D eigenvalue weighted by Gasteiger charge is -2.32. The number of ether oxygens (including phenoxy) is 2. The van der Waals surface area contributed by atoms with E-state index in [1.165, 1.54) is 6.42 Å². The molecular weight excluding hydrogens is 475 g/mol. The molecule has 0 spiro atoms. The molecule has 0 saturated heterocycles. The molecule has 34 heavy (non-hydrogen) atoms. The summed E-state index contributed by atoms with van der Waals surface area (Å²) in [4.78, 5) is 28.2. The zero-order chi connectivity index (χ0) is 24.5. The second-order valence-electron chi connectivity index (χ2n) is 8.48. The van der Waals surface area contributed by atoms with Gasteiger partial charge in [-0.3, -0.25) is 9.59 Å². The van der Waals surface area contributed by atoms with E-state index in [2.05, 4.69) is 5.32 Å². The number of carbonyl (C=O) groups is 2. The highest BCUT2D eigenvalue weighted by Crippen LogP contribution is 2.27. The lowest BCUT2D eigenvalue weighted by Crippen LogP contribution is -2.52. The number of hydrogen-bond acceptors (Lipinski definition) is 4. The Balaban J connectivity index is 1.79. The minimum absolute atomic E-state index is 0.139. The molecule has 0 bridgehead atoms. The maximum atomic E-state index is 13.4. The van der Waals surface area contributed by atoms with Crippen molar-refractivity contribution < 1.29 is 19.1 Å². The van der Waals surface area contributed by atoms with Gasteiger partial charge < -0.3 is 19.7 Å². The summed E-state index contributed by atoms with van der Waals surface area (Å²) in [5.74, 6) is 0.559. The molecule has 1 atom stereocenters. The summed E-state index contributed by atoms with van der Waals surface area (Å²) in [6.45, 7) is 1.89. The molecule has 0 aliphatic heterocycles. The van der Waals surface area contributed by atoms with Crippen LogP contribution < -0.4 is 14.8 Å². The fraction of sp³-hybridized carbons (Fsp3) is 0.462. The van der Waals surface area contributed by atoms with E-state index in [0.717, 1.165) is 31.2 Å². The number of carbonyl (C=O) groups excluding carboxylic acids is 2. The number of nitrogens with one attached hydrogen (secondary N) is 1. The van der Waals surface area contributed by atoms with Gasteiger partial charge in [-0.25, -0.2) is 0 Å². The normalized spacial score (nSPS) is 14.8. The lowest BCUT2D eigenvalue weighted by molar-refractivity contribution is -0.143. The fourth-order valence-electron chi connectivity index (χ4n) is 4.26. The molecule has 6 nitrogen and oxygen atoms in total. The number of para-hydroxylation sites is 2. The first-order chi connectivity index (χ1) is 16.4. The largest absolute Gasteiger partial charge is 0.493 e. The summed E-state index contributed by atoms with van der Waals surface area (Å²) in [7, 11) is 1.54. The highest BCUT2D eigenvalue weighted by molar-refractivity contribution is 6.42. The van der Waals surface area contributed by atoms with Crippen molar-refractivity contribution >= 4 is 35.0 Å². The second-order valence-corrected chi connectivity index (χ2v) is 9.29. The first kappa shape index (κ1) is 26.2. The molecule has 3 rings (SSSR count). The molecule has 1 saturated carbocycles. The van der Waals surface area contributed by atoms with Crippen molar-refractivity contribution in [1.29, 1.82) is 0 Å². The summed E-state index contributed by atoms with van der Waals surface area (Å²) in [5.41, 5.74) is 0.781. The molecule has 0 aromatic heterocycles. The minimum Gasteiger partial charge on any atom is -0.493 e. The Kier molecular flexibility index (Phi) is 9.90. The van der Waals surface area contributed by atoms with Crippen LogP contribution in [-0.2, 0) is 16.1 Å². The quantitative estimate of drug-likeness (QED) is 0.452. The van der Waals surface area contributed by atoms with E-state index < -0.39 is 6.04 Å². The van der Waals surface area contributed by atoms with Crippen molar-refractivity contribution in [2.24, 2.45) is 0 Å². The van der Waals surface area contributed by atoms with Gasteiger partial charge in [0.1, 0.15) is 6.04 Å². The average Bonchev–Trinajstić information content (AvgIpc) is 2.85. The molecule has 1 N–H and O–H groups in total. The predicted octanol–water partition coefficient (Wildman–Crippen LogP) is 5.64. The SMILES string of the molecule is CCC(C(=O)NC1CCCCC1)N(Cc1ccc(Cl)c(Cl)c1)C(=O)COc1ccccc1OC. The number of methoxy groups -OCH3 is 1. The molecule has 8 heteroatoms. The molecule has 0 heterocycles. The van der Waals surface area contributed by atoms with Crippen LogP contribution in [0.2, 0.25) is 10.0 Å². The van der Waals surface area contributed by atoms with E-state index in [4.69, 9.17) is 32.7 Å². The van der Waals surface area contributed by atoms with E-state index in [0.29, 0.717) is 28.0 Å². The third kappa shape index (κ3) is 7.03. The molecule has 2 amide bonds. The van der Waals surface area contributed by atoms with Gasteiger partial charge >= 0.3 is 0 Å². The molecule has 1 aliphatic rings.